The van der Waals surface area contributed by atoms with Crippen LogP contribution < -0.4 is 5.32 Å². The number of hydrogen-bond donors (Lipinski definition) is 2. The van der Waals surface area contributed by atoms with Crippen LogP contribution in [-0.4, -0.2) is 41.1 Å². The van der Waals surface area contributed by atoms with Crippen molar-refractivity contribution in [2.45, 2.75) is 50.7 Å². The molecular formula is C17H24N2O2. The summed E-state index contributed by atoms with van der Waals surface area (Å²) in [6.45, 7) is 5.10. The van der Waals surface area contributed by atoms with Crippen LogP contribution in [0.25, 0.3) is 0 Å². The van der Waals surface area contributed by atoms with Gasteiger partial charge in [-0.1, -0.05) is 24.3 Å². The van der Waals surface area contributed by atoms with E-state index in [1.807, 2.05) is 24.3 Å². The highest BCUT2D eigenvalue weighted by Crippen LogP contribution is 2.28. The van der Waals surface area contributed by atoms with Gasteiger partial charge in [-0.05, 0) is 43.9 Å². The van der Waals surface area contributed by atoms with E-state index in [0.29, 0.717) is 6.04 Å². The number of hydrogen-bond acceptors (Lipinski definition) is 3. The van der Waals surface area contributed by atoms with Gasteiger partial charge < -0.3 is 10.4 Å². The molecule has 0 amide bonds. The third-order valence-electron chi connectivity index (χ3n) is 5.02. The Kier molecular flexibility index (Phi) is 4.27. The van der Waals surface area contributed by atoms with E-state index in [0.717, 1.165) is 18.2 Å². The van der Waals surface area contributed by atoms with E-state index in [1.54, 1.807) is 6.92 Å². The highest BCUT2D eigenvalue weighted by molar-refractivity contribution is 5.75. The van der Waals surface area contributed by atoms with Crippen molar-refractivity contribution in [2.24, 2.45) is 0 Å². The van der Waals surface area contributed by atoms with Crippen molar-refractivity contribution in [2.75, 3.05) is 13.1 Å². The Hall–Kier alpha value is -1.39. The molecule has 2 aliphatic heterocycles. The monoisotopic (exact) mass is 288 g/mol. The molecule has 0 bridgehead atoms. The van der Waals surface area contributed by atoms with Gasteiger partial charge in [0.05, 0.1) is 5.92 Å². The Bertz CT molecular complexity index is 500. The van der Waals surface area contributed by atoms with Gasteiger partial charge >= 0.3 is 5.97 Å². The second-order valence-corrected chi connectivity index (χ2v) is 6.32. The summed E-state index contributed by atoms with van der Waals surface area (Å²) in [5.74, 6) is -1.21. The van der Waals surface area contributed by atoms with Crippen molar-refractivity contribution in [1.29, 1.82) is 0 Å². The van der Waals surface area contributed by atoms with Crippen LogP contribution in [0.3, 0.4) is 0 Å². The number of aliphatic carboxylic acids is 1. The minimum absolute atomic E-state index is 0.436. The molecule has 2 fully saturated rings. The van der Waals surface area contributed by atoms with Gasteiger partial charge in [-0.2, -0.15) is 0 Å². The van der Waals surface area contributed by atoms with Crippen LogP contribution in [0.15, 0.2) is 24.3 Å². The van der Waals surface area contributed by atoms with Crippen LogP contribution in [0.1, 0.15) is 43.2 Å². The predicted molar refractivity (Wildman–Crippen MR) is 82.3 cm³/mol. The van der Waals surface area contributed by atoms with Crippen molar-refractivity contribution in [3.8, 4) is 0 Å². The lowest BCUT2D eigenvalue weighted by atomic mass is 10.00. The first kappa shape index (κ1) is 14.5. The molecule has 2 heterocycles. The number of rotatable bonds is 5. The quantitative estimate of drug-likeness (QED) is 0.872. The molecule has 4 nitrogen and oxygen atoms in total. The van der Waals surface area contributed by atoms with Crippen molar-refractivity contribution >= 4 is 5.97 Å². The zero-order valence-corrected chi connectivity index (χ0v) is 12.6. The van der Waals surface area contributed by atoms with Crippen molar-refractivity contribution in [3.63, 3.8) is 0 Å². The summed E-state index contributed by atoms with van der Waals surface area (Å²) in [6, 6.07) is 9.31. The molecule has 0 aliphatic carbocycles. The largest absolute Gasteiger partial charge is 0.481 e. The standard InChI is InChI=1S/C17H24N2O2/c1-12(17(20)21)14-6-4-13(5-7-14)11-18-15-8-10-19-9-2-3-16(15)19/h4-7,12,15-16,18H,2-3,8-11H2,1H3,(H,20,21). The van der Waals surface area contributed by atoms with Crippen LogP contribution in [0.2, 0.25) is 0 Å². The van der Waals surface area contributed by atoms with Crippen LogP contribution in [0.4, 0.5) is 0 Å². The van der Waals surface area contributed by atoms with Crippen LogP contribution >= 0.6 is 0 Å². The second kappa shape index (κ2) is 6.16. The highest BCUT2D eigenvalue weighted by atomic mass is 16.4. The maximum Gasteiger partial charge on any atom is 0.310 e. The second-order valence-electron chi connectivity index (χ2n) is 6.32. The molecule has 3 rings (SSSR count). The van der Waals surface area contributed by atoms with Crippen molar-refractivity contribution in [3.05, 3.63) is 35.4 Å². The fraction of sp³-hybridized carbons (Fsp3) is 0.588. The van der Waals surface area contributed by atoms with Gasteiger partial charge in [0.15, 0.2) is 0 Å². The third-order valence-corrected chi connectivity index (χ3v) is 5.02. The molecule has 2 aliphatic rings. The average Bonchev–Trinajstić information content (AvgIpc) is 3.08. The Morgan fingerprint density at radius 1 is 1.33 bits per heavy atom. The lowest BCUT2D eigenvalue weighted by Gasteiger charge is -2.21. The maximum atomic E-state index is 11.0. The van der Waals surface area contributed by atoms with E-state index in [-0.39, 0.29) is 0 Å². The first-order valence-electron chi connectivity index (χ1n) is 7.94. The normalized spacial score (nSPS) is 26.7. The zero-order valence-electron chi connectivity index (χ0n) is 12.6. The molecule has 2 N–H and O–H groups in total. The molecule has 114 valence electrons. The first-order chi connectivity index (χ1) is 10.1. The topological polar surface area (TPSA) is 52.6 Å². The molecule has 3 unspecified atom stereocenters. The molecular weight excluding hydrogens is 264 g/mol. The number of nitrogens with zero attached hydrogens (tertiary/aromatic N) is 1. The van der Waals surface area contributed by atoms with Crippen LogP contribution in [0.5, 0.6) is 0 Å². The molecule has 1 aromatic rings. The van der Waals surface area contributed by atoms with Crippen LogP contribution in [0, 0.1) is 0 Å². The summed E-state index contributed by atoms with van der Waals surface area (Å²) in [7, 11) is 0. The molecule has 3 atom stereocenters. The van der Waals surface area contributed by atoms with E-state index < -0.39 is 11.9 Å². The van der Waals surface area contributed by atoms with E-state index in [1.165, 1.54) is 37.9 Å². The third kappa shape index (κ3) is 3.11. The van der Waals surface area contributed by atoms with E-state index >= 15 is 0 Å². The van der Waals surface area contributed by atoms with E-state index in [2.05, 4.69) is 10.2 Å². The first-order valence-corrected chi connectivity index (χ1v) is 7.94. The smallest absolute Gasteiger partial charge is 0.310 e. The summed E-state index contributed by atoms with van der Waals surface area (Å²) in [5.41, 5.74) is 2.10. The fourth-order valence-electron chi connectivity index (χ4n) is 3.64. The summed E-state index contributed by atoms with van der Waals surface area (Å²) < 4.78 is 0. The summed E-state index contributed by atoms with van der Waals surface area (Å²) in [4.78, 5) is 13.6. The average molecular weight is 288 g/mol. The lowest BCUT2D eigenvalue weighted by Crippen LogP contribution is -2.38. The molecule has 2 saturated heterocycles. The van der Waals surface area contributed by atoms with Crippen molar-refractivity contribution in [1.82, 2.24) is 10.2 Å². The van der Waals surface area contributed by atoms with Gasteiger partial charge in [-0.3, -0.25) is 9.69 Å². The molecule has 0 spiro atoms. The number of nitrogens with one attached hydrogen (secondary N) is 1. The maximum absolute atomic E-state index is 11.0. The van der Waals surface area contributed by atoms with Gasteiger partial charge in [-0.25, -0.2) is 0 Å². The number of carboxylic acid groups (broad SMARTS) is 1. The minimum Gasteiger partial charge on any atom is -0.481 e. The molecule has 0 saturated carbocycles. The zero-order chi connectivity index (χ0) is 14.8. The van der Waals surface area contributed by atoms with Gasteiger partial charge in [0.1, 0.15) is 0 Å². The summed E-state index contributed by atoms with van der Waals surface area (Å²) >= 11 is 0. The number of benzene rings is 1. The Balaban J connectivity index is 1.55. The SMILES string of the molecule is CC(C(=O)O)c1ccc(CNC2CCN3CCCC23)cc1. The van der Waals surface area contributed by atoms with Gasteiger partial charge in [0, 0.05) is 25.2 Å². The highest BCUT2D eigenvalue weighted by Gasteiger charge is 2.36. The molecule has 0 aromatic heterocycles. The van der Waals surface area contributed by atoms with Crippen LogP contribution in [-0.2, 0) is 11.3 Å². The predicted octanol–water partition coefficient (Wildman–Crippen LogP) is 2.20. The van der Waals surface area contributed by atoms with Gasteiger partial charge in [0.25, 0.3) is 0 Å². The molecule has 21 heavy (non-hydrogen) atoms. The minimum atomic E-state index is -0.770. The van der Waals surface area contributed by atoms with Gasteiger partial charge in [-0.15, -0.1) is 0 Å². The molecule has 4 heteroatoms. The van der Waals surface area contributed by atoms with Crippen molar-refractivity contribution < 1.29 is 9.90 Å². The summed E-state index contributed by atoms with van der Waals surface area (Å²) in [5, 5.41) is 12.7. The molecule has 0 radical (unpaired) electrons. The Morgan fingerprint density at radius 3 is 2.81 bits per heavy atom. The molecule has 1 aromatic carbocycles. The Morgan fingerprint density at radius 2 is 2.10 bits per heavy atom. The lowest BCUT2D eigenvalue weighted by molar-refractivity contribution is -0.138. The fourth-order valence-corrected chi connectivity index (χ4v) is 3.64. The van der Waals surface area contributed by atoms with Gasteiger partial charge in [0.2, 0.25) is 0 Å². The number of fused-ring (bicyclic) bond motifs is 1. The Labute approximate surface area is 126 Å². The van der Waals surface area contributed by atoms with E-state index in [9.17, 15) is 4.79 Å². The summed E-state index contributed by atoms with van der Waals surface area (Å²) in [6.07, 6.45) is 3.91. The number of carboxylic acids is 1. The van der Waals surface area contributed by atoms with E-state index in [4.69, 9.17) is 5.11 Å². The number of carbonyl (C=O) groups is 1.